The van der Waals surface area contributed by atoms with Gasteiger partial charge in [0, 0.05) is 7.11 Å². The Morgan fingerprint density at radius 1 is 1.05 bits per heavy atom. The number of hydrogen-bond acceptors (Lipinski definition) is 6. The number of benzene rings is 1. The number of aliphatic hydroxyl groups is 1. The van der Waals surface area contributed by atoms with E-state index >= 15 is 0 Å². The number of ether oxygens (including phenoxy) is 3. The molecule has 0 bridgehead atoms. The highest BCUT2D eigenvalue weighted by Crippen LogP contribution is 2.34. The Balaban J connectivity index is 2.35. The molecule has 0 spiro atoms. The van der Waals surface area contributed by atoms with Crippen molar-refractivity contribution in [2.45, 2.75) is 12.2 Å². The first kappa shape index (κ1) is 15.2. The van der Waals surface area contributed by atoms with Crippen LogP contribution in [0.4, 0.5) is 0 Å². The van der Waals surface area contributed by atoms with Crippen molar-refractivity contribution in [3.63, 3.8) is 0 Å². The minimum absolute atomic E-state index is 0.208. The minimum Gasteiger partial charge on any atom is -0.480 e. The van der Waals surface area contributed by atoms with Gasteiger partial charge in [0.2, 0.25) is 11.8 Å². The van der Waals surface area contributed by atoms with E-state index < -0.39 is 12.2 Å². The zero-order valence-electron chi connectivity index (χ0n) is 12.2. The summed E-state index contributed by atoms with van der Waals surface area (Å²) in [6, 6.07) is 9.41. The second kappa shape index (κ2) is 7.01. The first-order valence-electron chi connectivity index (χ1n) is 6.42. The van der Waals surface area contributed by atoms with Gasteiger partial charge in [-0.05, 0) is 5.56 Å². The topological polar surface area (TPSA) is 73.7 Å². The Bertz CT molecular complexity index is 577. The molecule has 2 aromatic rings. The van der Waals surface area contributed by atoms with E-state index in [4.69, 9.17) is 14.2 Å². The zero-order chi connectivity index (χ0) is 15.2. The van der Waals surface area contributed by atoms with Crippen LogP contribution in [-0.2, 0) is 4.74 Å². The van der Waals surface area contributed by atoms with Gasteiger partial charge < -0.3 is 19.3 Å². The molecule has 21 heavy (non-hydrogen) atoms. The van der Waals surface area contributed by atoms with Crippen molar-refractivity contribution < 1.29 is 19.3 Å². The van der Waals surface area contributed by atoms with Gasteiger partial charge in [0.25, 0.3) is 0 Å². The van der Waals surface area contributed by atoms with E-state index in [1.807, 2.05) is 30.3 Å². The molecule has 2 atom stereocenters. The van der Waals surface area contributed by atoms with Crippen LogP contribution in [-0.4, -0.2) is 36.4 Å². The van der Waals surface area contributed by atoms with Crippen LogP contribution in [0.2, 0.25) is 0 Å². The number of hydrogen-bond donors (Lipinski definition) is 1. The Hall–Kier alpha value is -2.18. The zero-order valence-corrected chi connectivity index (χ0v) is 12.2. The predicted octanol–water partition coefficient (Wildman–Crippen LogP) is 1.91. The fourth-order valence-electron chi connectivity index (χ4n) is 2.05. The fourth-order valence-corrected chi connectivity index (χ4v) is 2.05. The highest BCUT2D eigenvalue weighted by molar-refractivity contribution is 5.28. The van der Waals surface area contributed by atoms with Crippen LogP contribution in [0, 0.1) is 0 Å². The maximum atomic E-state index is 10.6. The molecular formula is C15H18N2O4. The van der Waals surface area contributed by atoms with Crippen LogP contribution < -0.4 is 9.47 Å². The average Bonchev–Trinajstić information content (AvgIpc) is 2.55. The lowest BCUT2D eigenvalue weighted by Crippen LogP contribution is -2.16. The van der Waals surface area contributed by atoms with Gasteiger partial charge in [-0.2, -0.15) is 4.98 Å². The number of aliphatic hydroxyl groups excluding tert-OH is 1. The molecule has 6 heteroatoms. The summed E-state index contributed by atoms with van der Waals surface area (Å²) < 4.78 is 15.6. The molecule has 0 saturated heterocycles. The molecule has 0 saturated carbocycles. The summed E-state index contributed by atoms with van der Waals surface area (Å²) in [6.45, 7) is 0. The second-order valence-electron chi connectivity index (χ2n) is 4.32. The summed E-state index contributed by atoms with van der Waals surface area (Å²) in [6.07, 6.45) is -0.146. The lowest BCUT2D eigenvalue weighted by atomic mass is 10.0. The van der Waals surface area contributed by atoms with Gasteiger partial charge in [-0.1, -0.05) is 30.3 Å². The molecule has 0 aliphatic heterocycles. The number of aromatic nitrogens is 2. The van der Waals surface area contributed by atoms with E-state index in [1.54, 1.807) is 0 Å². The molecule has 1 aromatic carbocycles. The number of nitrogens with zero attached hydrogens (tertiary/aromatic N) is 2. The largest absolute Gasteiger partial charge is 0.480 e. The highest BCUT2D eigenvalue weighted by Gasteiger charge is 2.27. The summed E-state index contributed by atoms with van der Waals surface area (Å²) in [7, 11) is 4.48. The Morgan fingerprint density at radius 3 is 2.33 bits per heavy atom. The molecule has 0 aliphatic carbocycles. The molecule has 1 aromatic heterocycles. The molecule has 6 nitrogen and oxygen atoms in total. The molecule has 0 aliphatic rings. The van der Waals surface area contributed by atoms with E-state index in [-0.39, 0.29) is 5.88 Å². The first-order valence-corrected chi connectivity index (χ1v) is 6.42. The van der Waals surface area contributed by atoms with Gasteiger partial charge in [-0.25, -0.2) is 4.98 Å². The maximum absolute atomic E-state index is 10.6. The highest BCUT2D eigenvalue weighted by atomic mass is 16.5. The van der Waals surface area contributed by atoms with Gasteiger partial charge in [0.1, 0.15) is 17.9 Å². The Kier molecular flexibility index (Phi) is 5.08. The van der Waals surface area contributed by atoms with Gasteiger partial charge in [-0.3, -0.25) is 0 Å². The molecule has 112 valence electrons. The van der Waals surface area contributed by atoms with E-state index in [0.29, 0.717) is 11.6 Å². The molecule has 0 fully saturated rings. The third kappa shape index (κ3) is 3.29. The second-order valence-corrected chi connectivity index (χ2v) is 4.32. The summed E-state index contributed by atoms with van der Waals surface area (Å²) in [5.41, 5.74) is 1.14. The van der Waals surface area contributed by atoms with Crippen LogP contribution in [0.25, 0.3) is 0 Å². The monoisotopic (exact) mass is 290 g/mol. The van der Waals surface area contributed by atoms with Gasteiger partial charge in [-0.15, -0.1) is 0 Å². The number of rotatable bonds is 6. The molecular weight excluding hydrogens is 272 g/mol. The fraction of sp³-hybridized carbons (Fsp3) is 0.333. The van der Waals surface area contributed by atoms with Crippen molar-refractivity contribution >= 4 is 0 Å². The summed E-state index contributed by atoms with van der Waals surface area (Å²) >= 11 is 0. The smallest absolute Gasteiger partial charge is 0.241 e. The quantitative estimate of drug-likeness (QED) is 0.876. The maximum Gasteiger partial charge on any atom is 0.241 e. The van der Waals surface area contributed by atoms with Gasteiger partial charge in [0.15, 0.2) is 0 Å². The molecule has 2 rings (SSSR count). The van der Waals surface area contributed by atoms with Crippen LogP contribution >= 0.6 is 0 Å². The number of methoxy groups -OCH3 is 3. The molecule has 1 heterocycles. The summed E-state index contributed by atoms with van der Waals surface area (Å²) in [5, 5.41) is 10.6. The van der Waals surface area contributed by atoms with Crippen molar-refractivity contribution in [1.82, 2.24) is 9.97 Å². The van der Waals surface area contributed by atoms with E-state index in [2.05, 4.69) is 9.97 Å². The average molecular weight is 290 g/mol. The third-order valence-electron chi connectivity index (χ3n) is 3.10. The standard InChI is InChI=1S/C15H18N2O4/c1-19-11-9-16-12(15(17-11)21-3)13(18)14(20-2)10-7-5-4-6-8-10/h4-9,13-14,18H,1-3H3. The van der Waals surface area contributed by atoms with Crippen LogP contribution in [0.1, 0.15) is 23.5 Å². The van der Waals surface area contributed by atoms with E-state index in [9.17, 15) is 5.11 Å². The minimum atomic E-state index is -1.01. The lowest BCUT2D eigenvalue weighted by molar-refractivity contribution is -0.0184. The van der Waals surface area contributed by atoms with Crippen molar-refractivity contribution in [2.24, 2.45) is 0 Å². The SMILES string of the molecule is COc1cnc(C(O)C(OC)c2ccccc2)c(OC)n1. The van der Waals surface area contributed by atoms with Crippen LogP contribution in [0.5, 0.6) is 11.8 Å². The van der Waals surface area contributed by atoms with E-state index in [1.165, 1.54) is 27.5 Å². The molecule has 2 unspecified atom stereocenters. The summed E-state index contributed by atoms with van der Waals surface area (Å²) in [5.74, 6) is 0.524. The molecule has 1 N–H and O–H groups in total. The molecule has 0 radical (unpaired) electrons. The lowest BCUT2D eigenvalue weighted by Gasteiger charge is -2.22. The van der Waals surface area contributed by atoms with Gasteiger partial charge >= 0.3 is 0 Å². The van der Waals surface area contributed by atoms with Crippen LogP contribution in [0.3, 0.4) is 0 Å². The third-order valence-corrected chi connectivity index (χ3v) is 3.10. The first-order chi connectivity index (χ1) is 10.2. The Labute approximate surface area is 123 Å². The normalized spacial score (nSPS) is 13.5. The summed E-state index contributed by atoms with van der Waals surface area (Å²) in [4.78, 5) is 8.29. The molecule has 0 amide bonds. The van der Waals surface area contributed by atoms with Gasteiger partial charge in [0.05, 0.1) is 20.4 Å². The van der Waals surface area contributed by atoms with Crippen molar-refractivity contribution in [3.05, 3.63) is 47.8 Å². The Morgan fingerprint density at radius 2 is 1.76 bits per heavy atom. The van der Waals surface area contributed by atoms with Crippen molar-refractivity contribution in [1.29, 1.82) is 0 Å². The van der Waals surface area contributed by atoms with Crippen LogP contribution in [0.15, 0.2) is 36.5 Å². The van der Waals surface area contributed by atoms with Crippen molar-refractivity contribution in [2.75, 3.05) is 21.3 Å². The van der Waals surface area contributed by atoms with Crippen molar-refractivity contribution in [3.8, 4) is 11.8 Å². The van der Waals surface area contributed by atoms with E-state index in [0.717, 1.165) is 5.56 Å². The predicted molar refractivity (Wildman–Crippen MR) is 76.3 cm³/mol.